The summed E-state index contributed by atoms with van der Waals surface area (Å²) in [5.41, 5.74) is -1.19. The molecule has 1 aromatic heterocycles. The van der Waals surface area contributed by atoms with Gasteiger partial charge in [0.2, 0.25) is 0 Å². The first-order valence-corrected chi connectivity index (χ1v) is 7.88. The molecule has 0 unspecified atom stereocenters. The Morgan fingerprint density at radius 2 is 1.62 bits per heavy atom. The smallest absolute Gasteiger partial charge is 0.417 e. The lowest BCUT2D eigenvalue weighted by Crippen LogP contribution is -2.08. The van der Waals surface area contributed by atoms with Gasteiger partial charge < -0.3 is 9.94 Å². The molecule has 1 heterocycles. The summed E-state index contributed by atoms with van der Waals surface area (Å²) in [6.07, 6.45) is -4.72. The van der Waals surface area contributed by atoms with E-state index >= 15 is 0 Å². The third kappa shape index (κ3) is 3.20. The van der Waals surface area contributed by atoms with Crippen LogP contribution in [-0.4, -0.2) is 23.0 Å². The van der Waals surface area contributed by atoms with Crippen LogP contribution in [0, 0.1) is 0 Å². The predicted octanol–water partition coefficient (Wildman–Crippen LogP) is 5.66. The van der Waals surface area contributed by atoms with Crippen LogP contribution in [0.4, 0.5) is 13.2 Å². The topological polar surface area (TPSA) is 51.5 Å². The number of benzene rings is 2. The second-order valence-corrected chi connectivity index (χ2v) is 6.32. The third-order valence-corrected chi connectivity index (χ3v) is 4.23. The highest BCUT2D eigenvalue weighted by molar-refractivity contribution is 6.35. The number of hydrogen-bond acceptors (Lipinski definition) is 3. The van der Waals surface area contributed by atoms with Gasteiger partial charge in [-0.1, -0.05) is 23.2 Å². The second-order valence-electron chi connectivity index (χ2n) is 5.45. The molecule has 0 saturated carbocycles. The molecule has 0 fully saturated rings. The molecule has 0 spiro atoms. The van der Waals surface area contributed by atoms with Crippen LogP contribution in [0.3, 0.4) is 0 Å². The van der Waals surface area contributed by atoms with Gasteiger partial charge in [-0.3, -0.25) is 0 Å². The highest BCUT2D eigenvalue weighted by Crippen LogP contribution is 2.40. The first-order chi connectivity index (χ1) is 12.1. The van der Waals surface area contributed by atoms with E-state index in [2.05, 4.69) is 4.74 Å². The van der Waals surface area contributed by atoms with Gasteiger partial charge in [0.05, 0.1) is 18.2 Å². The number of rotatable bonds is 2. The summed E-state index contributed by atoms with van der Waals surface area (Å²) in [7, 11) is 1.06. The minimum Gasteiger partial charge on any atom is -0.464 e. The van der Waals surface area contributed by atoms with Crippen molar-refractivity contribution in [3.8, 4) is 11.1 Å². The van der Waals surface area contributed by atoms with E-state index in [9.17, 15) is 23.2 Å². The summed E-state index contributed by atoms with van der Waals surface area (Å²) < 4.78 is 45.5. The van der Waals surface area contributed by atoms with Gasteiger partial charge in [-0.2, -0.15) is 17.9 Å². The van der Waals surface area contributed by atoms with Crippen molar-refractivity contribution in [2.24, 2.45) is 0 Å². The third-order valence-electron chi connectivity index (χ3n) is 3.79. The van der Waals surface area contributed by atoms with Gasteiger partial charge in [0.25, 0.3) is 0 Å². The average molecular weight is 404 g/mol. The molecule has 0 atom stereocenters. The molecule has 0 aliphatic heterocycles. The number of halogens is 5. The molecule has 1 N–H and O–H groups in total. The van der Waals surface area contributed by atoms with Gasteiger partial charge in [0.1, 0.15) is 0 Å². The van der Waals surface area contributed by atoms with Crippen LogP contribution < -0.4 is 0 Å². The monoisotopic (exact) mass is 403 g/mol. The Bertz CT molecular complexity index is 1010. The Kier molecular flexibility index (Phi) is 4.54. The molecular weight excluding hydrogens is 394 g/mol. The number of aromatic nitrogens is 1. The number of carbonyl (C=O) groups is 1. The maximum Gasteiger partial charge on any atom is 0.417 e. The van der Waals surface area contributed by atoms with Crippen molar-refractivity contribution < 1.29 is 27.9 Å². The Hall–Kier alpha value is -2.38. The van der Waals surface area contributed by atoms with E-state index in [4.69, 9.17) is 23.2 Å². The molecule has 136 valence electrons. The first kappa shape index (κ1) is 18.4. The average Bonchev–Trinajstić information content (AvgIpc) is 2.88. The second kappa shape index (κ2) is 6.41. The van der Waals surface area contributed by atoms with Gasteiger partial charge in [0.15, 0.2) is 5.69 Å². The lowest BCUT2D eigenvalue weighted by molar-refractivity contribution is -0.136. The molecule has 0 radical (unpaired) electrons. The molecule has 0 bridgehead atoms. The number of nitrogens with zero attached hydrogens (tertiary/aromatic N) is 1. The summed E-state index contributed by atoms with van der Waals surface area (Å²) in [5, 5.41) is 10.3. The maximum absolute atomic E-state index is 13.5. The molecule has 26 heavy (non-hydrogen) atoms. The van der Waals surface area contributed by atoms with Crippen LogP contribution in [0.1, 0.15) is 16.1 Å². The number of hydrogen-bond donors (Lipinski definition) is 1. The number of alkyl halides is 3. The van der Waals surface area contributed by atoms with E-state index in [1.54, 1.807) is 0 Å². The Balaban J connectivity index is 2.36. The Morgan fingerprint density at radius 1 is 1.04 bits per heavy atom. The predicted molar refractivity (Wildman–Crippen MR) is 90.9 cm³/mol. The summed E-state index contributed by atoms with van der Waals surface area (Å²) >= 11 is 11.8. The first-order valence-electron chi connectivity index (χ1n) is 7.12. The molecule has 4 nitrogen and oxygen atoms in total. The zero-order valence-corrected chi connectivity index (χ0v) is 14.6. The molecule has 0 amide bonds. The molecule has 0 aliphatic carbocycles. The molecule has 9 heteroatoms. The quantitative estimate of drug-likeness (QED) is 0.443. The van der Waals surface area contributed by atoms with Gasteiger partial charge in [-0.05, 0) is 47.5 Å². The van der Waals surface area contributed by atoms with Gasteiger partial charge in [0, 0.05) is 15.4 Å². The summed E-state index contributed by atoms with van der Waals surface area (Å²) in [6.45, 7) is 0. The lowest BCUT2D eigenvalue weighted by Gasteiger charge is -2.12. The summed E-state index contributed by atoms with van der Waals surface area (Å²) in [5.74, 6) is -0.968. The van der Waals surface area contributed by atoms with Crippen molar-refractivity contribution in [2.75, 3.05) is 7.11 Å². The largest absolute Gasteiger partial charge is 0.464 e. The number of fused-ring (bicyclic) bond motifs is 1. The van der Waals surface area contributed by atoms with Crippen molar-refractivity contribution >= 4 is 40.1 Å². The van der Waals surface area contributed by atoms with Crippen molar-refractivity contribution in [3.63, 3.8) is 0 Å². The van der Waals surface area contributed by atoms with Crippen LogP contribution in [0.5, 0.6) is 0 Å². The number of methoxy groups -OCH3 is 1. The lowest BCUT2D eigenvalue weighted by atomic mass is 10.00. The maximum atomic E-state index is 13.5. The Labute approximate surface area is 155 Å². The van der Waals surface area contributed by atoms with Gasteiger partial charge in [-0.25, -0.2) is 4.79 Å². The molecule has 2 aromatic carbocycles. The van der Waals surface area contributed by atoms with E-state index in [-0.39, 0.29) is 26.5 Å². The van der Waals surface area contributed by atoms with E-state index < -0.39 is 23.4 Å². The summed E-state index contributed by atoms with van der Waals surface area (Å²) in [6, 6.07) is 7.48. The van der Waals surface area contributed by atoms with Crippen molar-refractivity contribution in [1.82, 2.24) is 4.73 Å². The highest BCUT2D eigenvalue weighted by Gasteiger charge is 2.35. The highest BCUT2D eigenvalue weighted by atomic mass is 35.5. The van der Waals surface area contributed by atoms with Gasteiger partial charge in [-0.15, -0.1) is 0 Å². The fraction of sp³-hybridized carbons (Fsp3) is 0.118. The van der Waals surface area contributed by atoms with Crippen LogP contribution in [0.15, 0.2) is 36.4 Å². The fourth-order valence-corrected chi connectivity index (χ4v) is 3.19. The van der Waals surface area contributed by atoms with Crippen molar-refractivity contribution in [1.29, 1.82) is 0 Å². The summed E-state index contributed by atoms with van der Waals surface area (Å²) in [4.78, 5) is 11.7. The van der Waals surface area contributed by atoms with E-state index in [0.717, 1.165) is 19.2 Å². The fourth-order valence-electron chi connectivity index (χ4n) is 2.66. The molecular formula is C17H10Cl2F3NO3. The normalized spacial score (nSPS) is 11.8. The Morgan fingerprint density at radius 3 is 2.15 bits per heavy atom. The minimum atomic E-state index is -4.72. The number of esters is 1. The van der Waals surface area contributed by atoms with E-state index in [0.29, 0.717) is 10.3 Å². The van der Waals surface area contributed by atoms with Crippen LogP contribution >= 0.6 is 23.2 Å². The minimum absolute atomic E-state index is 0.124. The molecule has 0 saturated heterocycles. The van der Waals surface area contributed by atoms with Crippen LogP contribution in [0.2, 0.25) is 10.0 Å². The van der Waals surface area contributed by atoms with Crippen LogP contribution in [-0.2, 0) is 10.9 Å². The molecule has 3 aromatic rings. The zero-order chi connectivity index (χ0) is 19.2. The standard InChI is InChI=1S/C17H10Cl2F3NO3/c1-26-16(24)15-7-12-13(17(20,21)22)4-9(5-14(12)23(15)25)8-2-10(18)6-11(19)3-8/h2-7,25H,1H3. The number of carbonyl (C=O) groups excluding carboxylic acids is 1. The number of ether oxygens (including phenoxy) is 1. The molecule has 3 rings (SSSR count). The van der Waals surface area contributed by atoms with Gasteiger partial charge >= 0.3 is 12.1 Å². The molecule has 0 aliphatic rings. The van der Waals surface area contributed by atoms with Crippen molar-refractivity contribution in [3.05, 3.63) is 57.7 Å². The van der Waals surface area contributed by atoms with Crippen molar-refractivity contribution in [2.45, 2.75) is 6.18 Å². The zero-order valence-electron chi connectivity index (χ0n) is 13.1. The van der Waals surface area contributed by atoms with Crippen LogP contribution in [0.25, 0.3) is 22.0 Å². The van der Waals surface area contributed by atoms with E-state index in [1.807, 2.05) is 0 Å². The van der Waals surface area contributed by atoms with E-state index in [1.165, 1.54) is 24.3 Å². The SMILES string of the molecule is COC(=O)c1cc2c(C(F)(F)F)cc(-c3cc(Cl)cc(Cl)c3)cc2n1O.